The Balaban J connectivity index is 2.00. The van der Waals surface area contributed by atoms with E-state index in [0.717, 1.165) is 45.7 Å². The molecular weight excluding hydrogens is 276 g/mol. The summed E-state index contributed by atoms with van der Waals surface area (Å²) in [4.78, 5) is 17.5. The molecule has 0 atom stereocenters. The van der Waals surface area contributed by atoms with Crippen LogP contribution in [0.4, 0.5) is 11.9 Å². The van der Waals surface area contributed by atoms with Crippen molar-refractivity contribution in [1.82, 2.24) is 19.9 Å². The molecule has 7 heteroatoms. The summed E-state index contributed by atoms with van der Waals surface area (Å²) in [5, 5.41) is 3.41. The number of hydrogen-bond acceptors (Lipinski definition) is 6. The van der Waals surface area contributed by atoms with Gasteiger partial charge in [0.25, 0.3) is 0 Å². The monoisotopic (exact) mass is 298 g/mol. The number of halogens is 1. The summed E-state index contributed by atoms with van der Waals surface area (Å²) in [5.41, 5.74) is 0. The van der Waals surface area contributed by atoms with E-state index in [9.17, 15) is 0 Å². The zero-order chi connectivity index (χ0) is 14.4. The molecule has 0 aliphatic carbocycles. The highest BCUT2D eigenvalue weighted by molar-refractivity contribution is 6.28. The lowest BCUT2D eigenvalue weighted by molar-refractivity contribution is 0.257. The quantitative estimate of drug-likeness (QED) is 0.865. The molecular formula is C13H23ClN6. The highest BCUT2D eigenvalue weighted by Crippen LogP contribution is 2.15. The molecule has 2 heterocycles. The summed E-state index contributed by atoms with van der Waals surface area (Å²) in [5.74, 6) is 1.25. The smallest absolute Gasteiger partial charge is 0.231 e. The van der Waals surface area contributed by atoms with E-state index in [-0.39, 0.29) is 5.28 Å². The van der Waals surface area contributed by atoms with Crippen molar-refractivity contribution in [2.45, 2.75) is 26.7 Å². The highest BCUT2D eigenvalue weighted by Gasteiger charge is 2.19. The van der Waals surface area contributed by atoms with Gasteiger partial charge in [-0.2, -0.15) is 15.0 Å². The van der Waals surface area contributed by atoms with Gasteiger partial charge in [-0.15, -0.1) is 0 Å². The van der Waals surface area contributed by atoms with Crippen LogP contribution in [0.2, 0.25) is 5.28 Å². The first-order chi connectivity index (χ1) is 9.72. The van der Waals surface area contributed by atoms with E-state index >= 15 is 0 Å². The molecule has 20 heavy (non-hydrogen) atoms. The molecule has 1 aliphatic heterocycles. The van der Waals surface area contributed by atoms with Crippen molar-refractivity contribution in [2.24, 2.45) is 0 Å². The number of nitrogens with zero attached hydrogens (tertiary/aromatic N) is 5. The maximum atomic E-state index is 5.99. The van der Waals surface area contributed by atoms with Gasteiger partial charge in [0.1, 0.15) is 0 Å². The Morgan fingerprint density at radius 2 is 1.80 bits per heavy atom. The van der Waals surface area contributed by atoms with Gasteiger partial charge in [-0.05, 0) is 31.0 Å². The van der Waals surface area contributed by atoms with Crippen molar-refractivity contribution >= 4 is 23.5 Å². The van der Waals surface area contributed by atoms with Crippen LogP contribution in [-0.2, 0) is 0 Å². The predicted molar refractivity (Wildman–Crippen MR) is 82.6 cm³/mol. The van der Waals surface area contributed by atoms with E-state index in [0.29, 0.717) is 11.9 Å². The molecule has 1 aromatic heterocycles. The van der Waals surface area contributed by atoms with E-state index in [4.69, 9.17) is 11.6 Å². The summed E-state index contributed by atoms with van der Waals surface area (Å²) in [7, 11) is 0. The summed E-state index contributed by atoms with van der Waals surface area (Å²) < 4.78 is 0. The van der Waals surface area contributed by atoms with E-state index in [1.165, 1.54) is 6.42 Å². The van der Waals surface area contributed by atoms with Crippen LogP contribution < -0.4 is 10.2 Å². The Morgan fingerprint density at radius 3 is 2.45 bits per heavy atom. The van der Waals surface area contributed by atoms with E-state index in [1.54, 1.807) is 0 Å². The van der Waals surface area contributed by atoms with Crippen LogP contribution in [0.1, 0.15) is 26.7 Å². The second-order valence-corrected chi connectivity index (χ2v) is 5.32. The fraction of sp³-hybridized carbons (Fsp3) is 0.769. The zero-order valence-corrected chi connectivity index (χ0v) is 13.0. The predicted octanol–water partition coefficient (Wildman–Crippen LogP) is 1.88. The Labute approximate surface area is 125 Å². The average Bonchev–Trinajstić information content (AvgIpc) is 2.46. The largest absolute Gasteiger partial charge is 0.354 e. The SMILES string of the molecule is CCCNc1nc(Cl)nc(N2CCN(CCC)CC2)n1. The second kappa shape index (κ2) is 7.59. The Kier molecular flexibility index (Phi) is 5.79. The molecule has 1 saturated heterocycles. The van der Waals surface area contributed by atoms with Crippen LogP contribution in [0.15, 0.2) is 0 Å². The molecule has 1 N–H and O–H groups in total. The number of hydrogen-bond donors (Lipinski definition) is 1. The zero-order valence-electron chi connectivity index (χ0n) is 12.3. The maximum absolute atomic E-state index is 5.99. The van der Waals surface area contributed by atoms with Gasteiger partial charge >= 0.3 is 0 Å². The fourth-order valence-electron chi connectivity index (χ4n) is 2.28. The van der Waals surface area contributed by atoms with Gasteiger partial charge in [-0.25, -0.2) is 0 Å². The van der Waals surface area contributed by atoms with Gasteiger partial charge in [-0.1, -0.05) is 13.8 Å². The molecule has 1 aliphatic rings. The lowest BCUT2D eigenvalue weighted by atomic mass is 10.3. The van der Waals surface area contributed by atoms with Crippen LogP contribution >= 0.6 is 11.6 Å². The van der Waals surface area contributed by atoms with Gasteiger partial charge in [0.15, 0.2) is 0 Å². The summed E-state index contributed by atoms with van der Waals surface area (Å²) >= 11 is 5.99. The minimum Gasteiger partial charge on any atom is -0.354 e. The number of rotatable bonds is 6. The second-order valence-electron chi connectivity index (χ2n) is 4.98. The average molecular weight is 299 g/mol. The van der Waals surface area contributed by atoms with Gasteiger partial charge < -0.3 is 10.2 Å². The molecule has 2 rings (SSSR count). The number of nitrogens with one attached hydrogen (secondary N) is 1. The Hall–Kier alpha value is -1.14. The van der Waals surface area contributed by atoms with Gasteiger partial charge in [-0.3, -0.25) is 4.90 Å². The van der Waals surface area contributed by atoms with Crippen molar-refractivity contribution in [3.05, 3.63) is 5.28 Å². The summed E-state index contributed by atoms with van der Waals surface area (Å²) in [6, 6.07) is 0. The first-order valence-corrected chi connectivity index (χ1v) is 7.73. The first-order valence-electron chi connectivity index (χ1n) is 7.35. The standard InChI is InChI=1S/C13H23ClN6/c1-3-5-15-12-16-11(14)17-13(18-12)20-9-7-19(6-4-2)8-10-20/h3-10H2,1-2H3,(H,15,16,17,18). The van der Waals surface area contributed by atoms with Crippen molar-refractivity contribution in [1.29, 1.82) is 0 Å². The van der Waals surface area contributed by atoms with Crippen molar-refractivity contribution < 1.29 is 0 Å². The Bertz CT molecular complexity index is 419. The summed E-state index contributed by atoms with van der Waals surface area (Å²) in [6.07, 6.45) is 2.22. The first kappa shape index (κ1) is 15.3. The highest BCUT2D eigenvalue weighted by atomic mass is 35.5. The van der Waals surface area contributed by atoms with Crippen molar-refractivity contribution in [3.8, 4) is 0 Å². The molecule has 6 nitrogen and oxygen atoms in total. The van der Waals surface area contributed by atoms with E-state index in [2.05, 4.69) is 43.9 Å². The molecule has 0 radical (unpaired) electrons. The minimum absolute atomic E-state index is 0.254. The lowest BCUT2D eigenvalue weighted by Gasteiger charge is -2.34. The maximum Gasteiger partial charge on any atom is 0.231 e. The number of piperazine rings is 1. The van der Waals surface area contributed by atoms with Crippen LogP contribution in [-0.4, -0.2) is 59.1 Å². The van der Waals surface area contributed by atoms with Gasteiger partial charge in [0, 0.05) is 32.7 Å². The third-order valence-corrected chi connectivity index (χ3v) is 3.49. The minimum atomic E-state index is 0.254. The topological polar surface area (TPSA) is 57.2 Å². The van der Waals surface area contributed by atoms with E-state index in [1.807, 2.05) is 0 Å². The number of anilines is 2. The van der Waals surface area contributed by atoms with Crippen LogP contribution in [0.25, 0.3) is 0 Å². The van der Waals surface area contributed by atoms with Gasteiger partial charge in [0.2, 0.25) is 17.2 Å². The molecule has 0 aromatic carbocycles. The molecule has 1 fully saturated rings. The normalized spacial score (nSPS) is 16.4. The molecule has 0 bridgehead atoms. The van der Waals surface area contributed by atoms with E-state index < -0.39 is 0 Å². The van der Waals surface area contributed by atoms with Crippen molar-refractivity contribution in [3.63, 3.8) is 0 Å². The molecule has 112 valence electrons. The van der Waals surface area contributed by atoms with Gasteiger partial charge in [0.05, 0.1) is 0 Å². The third-order valence-electron chi connectivity index (χ3n) is 3.32. The fourth-order valence-corrected chi connectivity index (χ4v) is 2.44. The summed E-state index contributed by atoms with van der Waals surface area (Å²) in [6.45, 7) is 10.3. The van der Waals surface area contributed by atoms with Crippen LogP contribution in [0.3, 0.4) is 0 Å². The van der Waals surface area contributed by atoms with Crippen LogP contribution in [0, 0.1) is 0 Å². The lowest BCUT2D eigenvalue weighted by Crippen LogP contribution is -2.47. The third kappa shape index (κ3) is 4.18. The number of aromatic nitrogens is 3. The molecule has 1 aromatic rings. The molecule has 0 amide bonds. The molecule has 0 unspecified atom stereocenters. The molecule has 0 spiro atoms. The van der Waals surface area contributed by atoms with Crippen molar-refractivity contribution in [2.75, 3.05) is 49.5 Å². The molecule has 0 saturated carbocycles. The van der Waals surface area contributed by atoms with Crippen LogP contribution in [0.5, 0.6) is 0 Å². The Morgan fingerprint density at radius 1 is 1.05 bits per heavy atom.